The molecular formula is C15H21N3O. The van der Waals surface area contributed by atoms with Crippen LogP contribution in [-0.2, 0) is 6.54 Å². The van der Waals surface area contributed by atoms with E-state index in [1.165, 1.54) is 0 Å². The van der Waals surface area contributed by atoms with Gasteiger partial charge < -0.3 is 4.52 Å². The van der Waals surface area contributed by atoms with Gasteiger partial charge in [0.1, 0.15) is 0 Å². The number of hydrogen-bond acceptors (Lipinski definition) is 4. The van der Waals surface area contributed by atoms with Crippen LogP contribution in [0.4, 0.5) is 0 Å². The Morgan fingerprint density at radius 3 is 2.84 bits per heavy atom. The van der Waals surface area contributed by atoms with Crippen molar-refractivity contribution in [1.29, 1.82) is 0 Å². The molecule has 2 rings (SSSR count). The Bertz CT molecular complexity index is 464. The van der Waals surface area contributed by atoms with Gasteiger partial charge in [0.05, 0.1) is 6.54 Å². The molecule has 0 N–H and O–H groups in total. The van der Waals surface area contributed by atoms with Crippen LogP contribution >= 0.6 is 0 Å². The van der Waals surface area contributed by atoms with E-state index in [-0.39, 0.29) is 0 Å². The molecular weight excluding hydrogens is 238 g/mol. The van der Waals surface area contributed by atoms with Crippen molar-refractivity contribution in [3.8, 4) is 0 Å². The normalized spacial score (nSPS) is 23.4. The molecule has 1 aromatic heterocycles. The molecule has 0 bridgehead atoms. The Morgan fingerprint density at radius 1 is 1.42 bits per heavy atom. The smallest absolute Gasteiger partial charge is 0.223 e. The van der Waals surface area contributed by atoms with Crippen LogP contribution in [0.1, 0.15) is 31.0 Å². The third-order valence-electron chi connectivity index (χ3n) is 3.40. The maximum Gasteiger partial charge on any atom is 0.223 e. The molecule has 0 saturated carbocycles. The first-order chi connectivity index (χ1) is 9.24. The molecule has 0 spiro atoms. The zero-order valence-corrected chi connectivity index (χ0v) is 11.5. The van der Waals surface area contributed by atoms with Crippen molar-refractivity contribution in [1.82, 2.24) is 15.0 Å². The monoisotopic (exact) mass is 259 g/mol. The third kappa shape index (κ3) is 3.41. The maximum atomic E-state index is 5.05. The summed E-state index contributed by atoms with van der Waals surface area (Å²) in [6.45, 7) is 10.2. The summed E-state index contributed by atoms with van der Waals surface area (Å²) in [5.74, 6) is 1.36. The number of aromatic nitrogens is 2. The SMILES string of the molecule is C=CC[C@@H]1CC=C[C@@H](CC=C)N1Cc1noc(C)n1. The molecule has 2 atom stereocenters. The second-order valence-electron chi connectivity index (χ2n) is 4.84. The number of hydrogen-bond donors (Lipinski definition) is 0. The van der Waals surface area contributed by atoms with Crippen LogP contribution in [-0.4, -0.2) is 27.1 Å². The minimum Gasteiger partial charge on any atom is -0.340 e. The van der Waals surface area contributed by atoms with Crippen molar-refractivity contribution in [3.63, 3.8) is 0 Å². The minimum atomic E-state index is 0.356. The molecule has 0 amide bonds. The van der Waals surface area contributed by atoms with E-state index in [0.717, 1.165) is 25.1 Å². The highest BCUT2D eigenvalue weighted by atomic mass is 16.5. The topological polar surface area (TPSA) is 42.2 Å². The van der Waals surface area contributed by atoms with Crippen molar-refractivity contribution in [3.05, 3.63) is 49.2 Å². The Labute approximate surface area is 114 Å². The van der Waals surface area contributed by atoms with Crippen LogP contribution in [0, 0.1) is 6.92 Å². The first-order valence-electron chi connectivity index (χ1n) is 6.68. The van der Waals surface area contributed by atoms with Crippen LogP contribution in [0.25, 0.3) is 0 Å². The lowest BCUT2D eigenvalue weighted by atomic mass is 9.97. The van der Waals surface area contributed by atoms with Gasteiger partial charge in [-0.25, -0.2) is 0 Å². The summed E-state index contributed by atoms with van der Waals surface area (Å²) in [5, 5.41) is 4.00. The Hall–Kier alpha value is -1.68. The van der Waals surface area contributed by atoms with E-state index in [0.29, 0.717) is 24.5 Å². The molecule has 0 fully saturated rings. The highest BCUT2D eigenvalue weighted by Gasteiger charge is 2.27. The molecule has 0 saturated heterocycles. The van der Waals surface area contributed by atoms with Crippen molar-refractivity contribution in [2.45, 2.75) is 44.8 Å². The molecule has 102 valence electrons. The predicted octanol–water partition coefficient (Wildman–Crippen LogP) is 3.03. The standard InChI is InChI=1S/C15H21N3O/c1-4-7-13-9-6-10-14(8-5-2)18(13)11-15-16-12(3)19-17-15/h4-6,9,13-14H,1-2,7-8,10-11H2,3H3/t13-,14-/m1/s1. The fourth-order valence-electron chi connectivity index (χ4n) is 2.53. The van der Waals surface area contributed by atoms with Crippen LogP contribution in [0.5, 0.6) is 0 Å². The number of aryl methyl sites for hydroxylation is 1. The minimum absolute atomic E-state index is 0.356. The third-order valence-corrected chi connectivity index (χ3v) is 3.40. The Balaban J connectivity index is 2.15. The van der Waals surface area contributed by atoms with Gasteiger partial charge in [0.2, 0.25) is 5.89 Å². The summed E-state index contributed by atoms with van der Waals surface area (Å²) in [7, 11) is 0. The number of rotatable bonds is 6. The summed E-state index contributed by atoms with van der Waals surface area (Å²) in [6, 6.07) is 0.807. The van der Waals surface area contributed by atoms with E-state index in [1.807, 2.05) is 19.1 Å². The molecule has 0 unspecified atom stereocenters. The second-order valence-corrected chi connectivity index (χ2v) is 4.84. The van der Waals surface area contributed by atoms with E-state index in [1.54, 1.807) is 0 Å². The van der Waals surface area contributed by atoms with Crippen LogP contribution < -0.4 is 0 Å². The van der Waals surface area contributed by atoms with E-state index in [2.05, 4.69) is 40.4 Å². The van der Waals surface area contributed by atoms with Crippen molar-refractivity contribution < 1.29 is 4.52 Å². The zero-order valence-electron chi connectivity index (χ0n) is 11.5. The first kappa shape index (κ1) is 13.7. The fraction of sp³-hybridized carbons (Fsp3) is 0.467. The molecule has 4 nitrogen and oxygen atoms in total. The van der Waals surface area contributed by atoms with Crippen LogP contribution in [0.2, 0.25) is 0 Å². The van der Waals surface area contributed by atoms with E-state index in [9.17, 15) is 0 Å². The van der Waals surface area contributed by atoms with Gasteiger partial charge in [0.25, 0.3) is 0 Å². The predicted molar refractivity (Wildman–Crippen MR) is 75.5 cm³/mol. The average molecular weight is 259 g/mol. The molecule has 0 aliphatic carbocycles. The zero-order chi connectivity index (χ0) is 13.7. The highest BCUT2D eigenvalue weighted by molar-refractivity contribution is 5.07. The van der Waals surface area contributed by atoms with Crippen LogP contribution in [0.15, 0.2) is 42.0 Å². The highest BCUT2D eigenvalue weighted by Crippen LogP contribution is 2.24. The number of nitrogens with zero attached hydrogens (tertiary/aromatic N) is 3. The molecule has 1 aromatic rings. The average Bonchev–Trinajstić information content (AvgIpc) is 2.79. The molecule has 0 aromatic carbocycles. The van der Waals surface area contributed by atoms with Gasteiger partial charge in [-0.2, -0.15) is 4.98 Å². The lowest BCUT2D eigenvalue weighted by molar-refractivity contribution is 0.136. The summed E-state index contributed by atoms with van der Waals surface area (Å²) in [5.41, 5.74) is 0. The van der Waals surface area contributed by atoms with Crippen molar-refractivity contribution in [2.24, 2.45) is 0 Å². The molecule has 19 heavy (non-hydrogen) atoms. The fourth-order valence-corrected chi connectivity index (χ4v) is 2.53. The van der Waals surface area contributed by atoms with Gasteiger partial charge in [-0.1, -0.05) is 29.5 Å². The van der Waals surface area contributed by atoms with Crippen LogP contribution in [0.3, 0.4) is 0 Å². The maximum absolute atomic E-state index is 5.05. The Kier molecular flexibility index (Phi) is 4.68. The largest absolute Gasteiger partial charge is 0.340 e. The molecule has 1 aliphatic heterocycles. The van der Waals surface area contributed by atoms with E-state index >= 15 is 0 Å². The summed E-state index contributed by atoms with van der Waals surface area (Å²) in [6.07, 6.45) is 11.4. The first-order valence-corrected chi connectivity index (χ1v) is 6.68. The van der Waals surface area contributed by atoms with Gasteiger partial charge >= 0.3 is 0 Å². The lowest BCUT2D eigenvalue weighted by Gasteiger charge is -2.37. The molecule has 1 aliphatic rings. The van der Waals surface area contributed by atoms with Gasteiger partial charge in [-0.15, -0.1) is 13.2 Å². The van der Waals surface area contributed by atoms with Crippen molar-refractivity contribution >= 4 is 0 Å². The van der Waals surface area contributed by atoms with Gasteiger partial charge in [-0.3, -0.25) is 4.90 Å². The second kappa shape index (κ2) is 6.48. The molecule has 4 heteroatoms. The molecule has 2 heterocycles. The quantitative estimate of drug-likeness (QED) is 0.736. The van der Waals surface area contributed by atoms with E-state index in [4.69, 9.17) is 4.52 Å². The Morgan fingerprint density at radius 2 is 2.21 bits per heavy atom. The van der Waals surface area contributed by atoms with Crippen molar-refractivity contribution in [2.75, 3.05) is 0 Å². The lowest BCUT2D eigenvalue weighted by Crippen LogP contribution is -2.43. The van der Waals surface area contributed by atoms with Gasteiger partial charge in [0, 0.05) is 19.0 Å². The summed E-state index contributed by atoms with van der Waals surface area (Å²) < 4.78 is 5.05. The summed E-state index contributed by atoms with van der Waals surface area (Å²) >= 11 is 0. The van der Waals surface area contributed by atoms with Gasteiger partial charge in [-0.05, 0) is 19.3 Å². The summed E-state index contributed by atoms with van der Waals surface area (Å²) in [4.78, 5) is 6.71. The molecule has 0 radical (unpaired) electrons. The van der Waals surface area contributed by atoms with Gasteiger partial charge in [0.15, 0.2) is 5.82 Å². The van der Waals surface area contributed by atoms with E-state index < -0.39 is 0 Å².